The smallest absolute Gasteiger partial charge is 0.0863 e. The van der Waals surface area contributed by atoms with Gasteiger partial charge in [0, 0.05) is 12.3 Å². The highest BCUT2D eigenvalue weighted by atomic mass is 16.5. The van der Waals surface area contributed by atoms with Gasteiger partial charge >= 0.3 is 0 Å². The fraction of sp³-hybridized carbons (Fsp3) is 0.600. The zero-order valence-corrected chi connectivity index (χ0v) is 7.13. The normalized spacial score (nSPS) is 46.7. The van der Waals surface area contributed by atoms with Crippen LogP contribution in [0.25, 0.3) is 0 Å². The molecule has 2 heterocycles. The maximum absolute atomic E-state index is 5.69. The quantitative estimate of drug-likeness (QED) is 0.521. The Morgan fingerprint density at radius 3 is 2.73 bits per heavy atom. The Morgan fingerprint density at radius 2 is 2.36 bits per heavy atom. The molecule has 11 heavy (non-hydrogen) atoms. The molecule has 1 unspecified atom stereocenters. The van der Waals surface area contributed by atoms with Crippen LogP contribution in [0.5, 0.6) is 0 Å². The Labute approximate surface area is 67.7 Å². The van der Waals surface area contributed by atoms with E-state index >= 15 is 0 Å². The van der Waals surface area contributed by atoms with E-state index in [0.717, 1.165) is 0 Å². The van der Waals surface area contributed by atoms with Crippen LogP contribution in [0.3, 0.4) is 0 Å². The summed E-state index contributed by atoms with van der Waals surface area (Å²) in [5.41, 5.74) is 1.28. The number of fused-ring (bicyclic) bond motifs is 1. The molecule has 0 saturated carbocycles. The van der Waals surface area contributed by atoms with Gasteiger partial charge < -0.3 is 4.74 Å². The Morgan fingerprint density at radius 1 is 1.73 bits per heavy atom. The molecular weight excluding hydrogens is 136 g/mol. The number of ether oxygens (including phenoxy) is 1. The fourth-order valence-corrected chi connectivity index (χ4v) is 1.96. The van der Waals surface area contributed by atoms with Crippen LogP contribution in [0.15, 0.2) is 24.3 Å². The minimum absolute atomic E-state index is 0.0661. The van der Waals surface area contributed by atoms with Crippen molar-refractivity contribution in [2.75, 3.05) is 0 Å². The van der Waals surface area contributed by atoms with E-state index in [1.807, 2.05) is 0 Å². The van der Waals surface area contributed by atoms with Crippen molar-refractivity contribution in [3.63, 3.8) is 0 Å². The number of rotatable bonds is 1. The first-order valence-corrected chi connectivity index (χ1v) is 4.13. The highest BCUT2D eigenvalue weighted by Gasteiger charge is 2.46. The van der Waals surface area contributed by atoms with Crippen LogP contribution in [0, 0.1) is 5.92 Å². The van der Waals surface area contributed by atoms with Crippen molar-refractivity contribution in [2.24, 2.45) is 5.92 Å². The second-order valence-electron chi connectivity index (χ2n) is 3.90. The highest BCUT2D eigenvalue weighted by Crippen LogP contribution is 2.44. The third-order valence-corrected chi connectivity index (χ3v) is 2.65. The summed E-state index contributed by atoms with van der Waals surface area (Å²) in [6.45, 7) is 8.15. The zero-order valence-electron chi connectivity index (χ0n) is 7.13. The summed E-state index contributed by atoms with van der Waals surface area (Å²) < 4.78 is 5.69. The van der Waals surface area contributed by atoms with Crippen molar-refractivity contribution >= 4 is 0 Å². The van der Waals surface area contributed by atoms with E-state index in [-0.39, 0.29) is 5.60 Å². The second-order valence-corrected chi connectivity index (χ2v) is 3.90. The third kappa shape index (κ3) is 0.951. The molecule has 1 aliphatic carbocycles. The molecule has 3 aliphatic rings. The van der Waals surface area contributed by atoms with Crippen molar-refractivity contribution in [1.82, 2.24) is 0 Å². The molecule has 0 aromatic heterocycles. The minimum Gasteiger partial charge on any atom is -0.367 e. The van der Waals surface area contributed by atoms with E-state index < -0.39 is 0 Å². The molecule has 2 aliphatic heterocycles. The van der Waals surface area contributed by atoms with Crippen molar-refractivity contribution in [3.05, 3.63) is 24.3 Å². The molecule has 3 rings (SSSR count). The first kappa shape index (κ1) is 7.11. The monoisotopic (exact) mass is 150 g/mol. The summed E-state index contributed by atoms with van der Waals surface area (Å²) >= 11 is 0. The molecule has 3 atom stereocenters. The molecule has 0 aromatic rings. The molecule has 1 nitrogen and oxygen atoms in total. The van der Waals surface area contributed by atoms with Crippen LogP contribution >= 0.6 is 0 Å². The summed E-state index contributed by atoms with van der Waals surface area (Å²) in [5, 5.41) is 0. The SMILES string of the molecule is C=C(C)[C@@H]1C=C[C@@]2(C)CC1O2. The number of hydrogen-bond acceptors (Lipinski definition) is 1. The molecule has 60 valence electrons. The fourth-order valence-electron chi connectivity index (χ4n) is 1.96. The van der Waals surface area contributed by atoms with Crippen LogP contribution < -0.4 is 0 Å². The molecule has 1 fully saturated rings. The molecule has 0 spiro atoms. The van der Waals surface area contributed by atoms with E-state index in [9.17, 15) is 0 Å². The van der Waals surface area contributed by atoms with Gasteiger partial charge in [0.15, 0.2) is 0 Å². The van der Waals surface area contributed by atoms with Gasteiger partial charge in [-0.05, 0) is 13.8 Å². The molecule has 1 saturated heterocycles. The van der Waals surface area contributed by atoms with Crippen molar-refractivity contribution < 1.29 is 4.74 Å². The van der Waals surface area contributed by atoms with E-state index in [0.29, 0.717) is 12.0 Å². The first-order chi connectivity index (χ1) is 5.11. The maximum Gasteiger partial charge on any atom is 0.0863 e. The van der Waals surface area contributed by atoms with Crippen LogP contribution in [-0.4, -0.2) is 11.7 Å². The van der Waals surface area contributed by atoms with Crippen molar-refractivity contribution in [2.45, 2.75) is 32.0 Å². The number of hydrogen-bond donors (Lipinski definition) is 0. The van der Waals surface area contributed by atoms with Gasteiger partial charge in [0.2, 0.25) is 0 Å². The molecule has 0 amide bonds. The van der Waals surface area contributed by atoms with Crippen LogP contribution in [-0.2, 0) is 4.74 Å². The lowest BCUT2D eigenvalue weighted by atomic mass is 9.75. The lowest BCUT2D eigenvalue weighted by Crippen LogP contribution is -2.53. The average Bonchev–Trinajstić information content (AvgIpc) is 1.85. The predicted molar refractivity (Wildman–Crippen MR) is 45.3 cm³/mol. The minimum atomic E-state index is 0.0661. The predicted octanol–water partition coefficient (Wildman–Crippen LogP) is 2.30. The topological polar surface area (TPSA) is 9.23 Å². The van der Waals surface area contributed by atoms with Gasteiger partial charge in [0.05, 0.1) is 11.7 Å². The molecule has 0 radical (unpaired) electrons. The van der Waals surface area contributed by atoms with Crippen molar-refractivity contribution in [3.8, 4) is 0 Å². The standard InChI is InChI=1S/C10H14O/c1-7(2)8-4-5-10(3)6-9(8)11-10/h4-5,8-9H,1,6H2,2-3H3/t8-,9?,10-/m0/s1. The van der Waals surface area contributed by atoms with Crippen LogP contribution in [0.1, 0.15) is 20.3 Å². The Balaban J connectivity index is 2.19. The van der Waals surface area contributed by atoms with E-state index in [1.54, 1.807) is 0 Å². The van der Waals surface area contributed by atoms with Crippen molar-refractivity contribution in [1.29, 1.82) is 0 Å². The Hall–Kier alpha value is -0.560. The Kier molecular flexibility index (Phi) is 1.28. The summed E-state index contributed by atoms with van der Waals surface area (Å²) in [5.74, 6) is 0.469. The van der Waals surface area contributed by atoms with Gasteiger partial charge in [-0.1, -0.05) is 24.3 Å². The third-order valence-electron chi connectivity index (χ3n) is 2.65. The zero-order chi connectivity index (χ0) is 8.06. The molecule has 0 N–H and O–H groups in total. The van der Waals surface area contributed by atoms with Crippen LogP contribution in [0.2, 0.25) is 0 Å². The second kappa shape index (κ2) is 1.98. The summed E-state index contributed by atoms with van der Waals surface area (Å²) in [6.07, 6.45) is 6.00. The highest BCUT2D eigenvalue weighted by molar-refractivity contribution is 5.23. The van der Waals surface area contributed by atoms with Gasteiger partial charge in [0.1, 0.15) is 0 Å². The van der Waals surface area contributed by atoms with Crippen LogP contribution in [0.4, 0.5) is 0 Å². The van der Waals surface area contributed by atoms with E-state index in [1.165, 1.54) is 12.0 Å². The van der Waals surface area contributed by atoms with E-state index in [2.05, 4.69) is 32.6 Å². The molecule has 1 heteroatoms. The lowest BCUT2D eigenvalue weighted by Gasteiger charge is -2.50. The largest absolute Gasteiger partial charge is 0.367 e. The van der Waals surface area contributed by atoms with E-state index in [4.69, 9.17) is 4.74 Å². The van der Waals surface area contributed by atoms with Gasteiger partial charge in [-0.3, -0.25) is 0 Å². The maximum atomic E-state index is 5.69. The molecule has 0 aromatic carbocycles. The average molecular weight is 150 g/mol. The van der Waals surface area contributed by atoms with Gasteiger partial charge in [-0.15, -0.1) is 0 Å². The molecular formula is C10H14O. The van der Waals surface area contributed by atoms with Gasteiger partial charge in [-0.2, -0.15) is 0 Å². The molecule has 2 bridgehead atoms. The van der Waals surface area contributed by atoms with Gasteiger partial charge in [0.25, 0.3) is 0 Å². The Bertz CT molecular complexity index is 221. The van der Waals surface area contributed by atoms with Gasteiger partial charge in [-0.25, -0.2) is 0 Å². The summed E-state index contributed by atoms with van der Waals surface area (Å²) in [6, 6.07) is 0. The lowest BCUT2D eigenvalue weighted by molar-refractivity contribution is -0.186. The first-order valence-electron chi connectivity index (χ1n) is 4.13. The summed E-state index contributed by atoms with van der Waals surface area (Å²) in [7, 11) is 0. The summed E-state index contributed by atoms with van der Waals surface area (Å²) in [4.78, 5) is 0.